The highest BCUT2D eigenvalue weighted by atomic mass is 32.2. The van der Waals surface area contributed by atoms with Gasteiger partial charge in [0.1, 0.15) is 11.4 Å². The van der Waals surface area contributed by atoms with Crippen molar-refractivity contribution < 1.29 is 22.7 Å². The fraction of sp³-hybridized carbons (Fsp3) is 0.613. The standard InChI is InChI=1S/C27H34F3N3O2S.2C2H6/c1-17-23(18(2)36-24(17)34)35-26(5,6)25(3,4)33-13-7-12-32(14-15-33)22-10-11-31-21-16-19(27(28,29)30)8-9-20(21)22;2*1-2/h8-11,16,18H,7,12-15H2,1-6H3;2*1-2H3. The molecule has 0 amide bonds. The maximum absolute atomic E-state index is 13.2. The fourth-order valence-corrected chi connectivity index (χ4v) is 5.88. The summed E-state index contributed by atoms with van der Waals surface area (Å²) in [5, 5.41) is 0.801. The van der Waals surface area contributed by atoms with Gasteiger partial charge in [0.2, 0.25) is 5.12 Å². The summed E-state index contributed by atoms with van der Waals surface area (Å²) < 4.78 is 46.1. The van der Waals surface area contributed by atoms with Crippen LogP contribution in [0.2, 0.25) is 0 Å². The molecule has 1 fully saturated rings. The zero-order chi connectivity index (χ0) is 30.5. The Morgan fingerprint density at radius 1 is 0.975 bits per heavy atom. The average Bonchev–Trinajstić information content (AvgIpc) is 3.09. The van der Waals surface area contributed by atoms with E-state index in [1.807, 2.05) is 47.6 Å². The van der Waals surface area contributed by atoms with Crippen molar-refractivity contribution >= 4 is 33.5 Å². The summed E-state index contributed by atoms with van der Waals surface area (Å²) in [4.78, 5) is 21.0. The number of aromatic nitrogens is 1. The number of thioether (sulfide) groups is 1. The number of hydrogen-bond acceptors (Lipinski definition) is 6. The van der Waals surface area contributed by atoms with E-state index in [1.54, 1.807) is 6.20 Å². The highest BCUT2D eigenvalue weighted by Crippen LogP contribution is 2.41. The minimum Gasteiger partial charge on any atom is -0.489 e. The smallest absolute Gasteiger partial charge is 0.416 e. The number of pyridine rings is 1. The number of carbonyl (C=O) groups excluding carboxylic acids is 1. The molecule has 2 aliphatic rings. The van der Waals surface area contributed by atoms with E-state index < -0.39 is 17.3 Å². The number of ether oxygens (including phenoxy) is 1. The predicted octanol–water partition coefficient (Wildman–Crippen LogP) is 8.33. The summed E-state index contributed by atoms with van der Waals surface area (Å²) in [5.74, 6) is 0.765. The van der Waals surface area contributed by atoms with Crippen LogP contribution >= 0.6 is 11.8 Å². The Morgan fingerprint density at radius 2 is 1.62 bits per heavy atom. The molecule has 4 rings (SSSR count). The van der Waals surface area contributed by atoms with E-state index in [4.69, 9.17) is 4.74 Å². The first-order chi connectivity index (χ1) is 18.7. The maximum atomic E-state index is 13.2. The Kier molecular flexibility index (Phi) is 11.5. The Balaban J connectivity index is 0.00000134. The summed E-state index contributed by atoms with van der Waals surface area (Å²) in [7, 11) is 0. The topological polar surface area (TPSA) is 45.7 Å². The molecule has 1 aromatic carbocycles. The second kappa shape index (κ2) is 13.6. The lowest BCUT2D eigenvalue weighted by molar-refractivity contribution is -0.137. The monoisotopic (exact) mass is 581 g/mol. The molecule has 0 bridgehead atoms. The third kappa shape index (κ3) is 7.14. The van der Waals surface area contributed by atoms with Gasteiger partial charge in [0.05, 0.1) is 21.9 Å². The van der Waals surface area contributed by atoms with E-state index in [-0.39, 0.29) is 15.9 Å². The molecule has 3 heterocycles. The Labute approximate surface area is 242 Å². The van der Waals surface area contributed by atoms with Crippen molar-refractivity contribution in [2.24, 2.45) is 0 Å². The van der Waals surface area contributed by atoms with Crippen LogP contribution in [-0.4, -0.2) is 57.6 Å². The van der Waals surface area contributed by atoms with Crippen LogP contribution in [-0.2, 0) is 15.7 Å². The zero-order valence-electron chi connectivity index (χ0n) is 25.7. The van der Waals surface area contributed by atoms with Gasteiger partial charge in [0.15, 0.2) is 0 Å². The quantitative estimate of drug-likeness (QED) is 0.354. The summed E-state index contributed by atoms with van der Waals surface area (Å²) in [6.07, 6.45) is -1.91. The molecule has 224 valence electrons. The molecule has 1 saturated heterocycles. The summed E-state index contributed by atoms with van der Waals surface area (Å²) in [5.41, 5.74) is 0.355. The van der Waals surface area contributed by atoms with Crippen LogP contribution in [0.1, 0.15) is 81.2 Å². The molecule has 0 radical (unpaired) electrons. The molecule has 0 N–H and O–H groups in total. The molecule has 1 unspecified atom stereocenters. The molecule has 2 aromatic rings. The van der Waals surface area contributed by atoms with Crippen LogP contribution in [0.25, 0.3) is 10.9 Å². The van der Waals surface area contributed by atoms with Gasteiger partial charge in [-0.25, -0.2) is 0 Å². The van der Waals surface area contributed by atoms with Gasteiger partial charge in [0.25, 0.3) is 0 Å². The SMILES string of the molecule is CC.CC.CC1=C(OC(C)(C)C(C)(C)N2CCCN(c3ccnc4cc(C(F)(F)F)ccc34)CC2)C(C)SC1=O. The normalized spacial score (nSPS) is 19.1. The minimum absolute atomic E-state index is 0.00466. The largest absolute Gasteiger partial charge is 0.489 e. The van der Waals surface area contributed by atoms with Gasteiger partial charge in [-0.1, -0.05) is 45.5 Å². The molecule has 9 heteroatoms. The number of anilines is 1. The molecule has 5 nitrogen and oxygen atoms in total. The number of carbonyl (C=O) groups is 1. The number of alkyl halides is 3. The van der Waals surface area contributed by atoms with Crippen molar-refractivity contribution in [2.45, 2.75) is 98.2 Å². The van der Waals surface area contributed by atoms with E-state index >= 15 is 0 Å². The second-order valence-electron chi connectivity index (χ2n) is 10.6. The van der Waals surface area contributed by atoms with Gasteiger partial charge in [-0.3, -0.25) is 14.7 Å². The first-order valence-corrected chi connectivity index (χ1v) is 15.2. The first kappa shape index (κ1) is 33.9. The number of fused-ring (bicyclic) bond motifs is 1. The molecule has 0 aliphatic carbocycles. The van der Waals surface area contributed by atoms with Crippen molar-refractivity contribution in [2.75, 3.05) is 31.1 Å². The molecular formula is C31H46F3N3O2S. The molecule has 0 saturated carbocycles. The fourth-order valence-electron chi connectivity index (χ4n) is 4.95. The van der Waals surface area contributed by atoms with E-state index in [0.717, 1.165) is 61.6 Å². The van der Waals surface area contributed by atoms with E-state index in [9.17, 15) is 18.0 Å². The van der Waals surface area contributed by atoms with E-state index in [2.05, 4.69) is 42.5 Å². The number of benzene rings is 1. The van der Waals surface area contributed by atoms with Crippen LogP contribution in [0.3, 0.4) is 0 Å². The number of nitrogens with zero attached hydrogens (tertiary/aromatic N) is 3. The molecule has 2 aliphatic heterocycles. The van der Waals surface area contributed by atoms with Gasteiger partial charge in [-0.2, -0.15) is 13.2 Å². The molecule has 40 heavy (non-hydrogen) atoms. The van der Waals surface area contributed by atoms with Gasteiger partial charge in [0, 0.05) is 49.0 Å². The van der Waals surface area contributed by atoms with Gasteiger partial charge in [-0.15, -0.1) is 0 Å². The number of halogens is 3. The third-order valence-electron chi connectivity index (χ3n) is 7.84. The molecular weight excluding hydrogens is 535 g/mol. The lowest BCUT2D eigenvalue weighted by Gasteiger charge is -2.49. The lowest BCUT2D eigenvalue weighted by atomic mass is 9.83. The van der Waals surface area contributed by atoms with Crippen LogP contribution in [0.15, 0.2) is 41.8 Å². The highest BCUT2D eigenvalue weighted by molar-refractivity contribution is 8.15. The van der Waals surface area contributed by atoms with Crippen LogP contribution < -0.4 is 4.90 Å². The van der Waals surface area contributed by atoms with Gasteiger partial charge in [-0.05, 0) is 66.2 Å². The van der Waals surface area contributed by atoms with Crippen molar-refractivity contribution in [1.82, 2.24) is 9.88 Å². The maximum Gasteiger partial charge on any atom is 0.416 e. The Hall–Kier alpha value is -2.26. The molecule has 1 aromatic heterocycles. The van der Waals surface area contributed by atoms with Gasteiger partial charge < -0.3 is 9.64 Å². The van der Waals surface area contributed by atoms with Crippen molar-refractivity contribution in [3.63, 3.8) is 0 Å². The van der Waals surface area contributed by atoms with Crippen molar-refractivity contribution in [3.8, 4) is 0 Å². The third-order valence-corrected chi connectivity index (χ3v) is 8.93. The summed E-state index contributed by atoms with van der Waals surface area (Å²) in [6, 6.07) is 5.66. The molecule has 0 spiro atoms. The number of hydrogen-bond donors (Lipinski definition) is 0. The molecule has 1 atom stereocenters. The second-order valence-corrected chi connectivity index (χ2v) is 11.9. The Bertz CT molecular complexity index is 1190. The minimum atomic E-state index is -4.40. The highest BCUT2D eigenvalue weighted by Gasteiger charge is 2.46. The van der Waals surface area contributed by atoms with E-state index in [1.165, 1.54) is 17.8 Å². The summed E-state index contributed by atoms with van der Waals surface area (Å²) in [6.45, 7) is 23.5. The lowest BCUT2D eigenvalue weighted by Crippen LogP contribution is -2.60. The van der Waals surface area contributed by atoms with Crippen molar-refractivity contribution in [1.29, 1.82) is 0 Å². The average molecular weight is 582 g/mol. The van der Waals surface area contributed by atoms with Crippen LogP contribution in [0.5, 0.6) is 0 Å². The van der Waals surface area contributed by atoms with Crippen LogP contribution in [0, 0.1) is 0 Å². The number of rotatable bonds is 5. The van der Waals surface area contributed by atoms with Gasteiger partial charge >= 0.3 is 6.18 Å². The summed E-state index contributed by atoms with van der Waals surface area (Å²) >= 11 is 1.30. The van der Waals surface area contributed by atoms with Crippen LogP contribution in [0.4, 0.5) is 18.9 Å². The first-order valence-electron chi connectivity index (χ1n) is 14.3. The van der Waals surface area contributed by atoms with Crippen molar-refractivity contribution in [3.05, 3.63) is 47.4 Å². The predicted molar refractivity (Wildman–Crippen MR) is 162 cm³/mol. The Morgan fingerprint density at radius 3 is 2.20 bits per heavy atom. The zero-order valence-corrected chi connectivity index (χ0v) is 26.5. The van der Waals surface area contributed by atoms with E-state index in [0.29, 0.717) is 11.1 Å².